The zero-order valence-electron chi connectivity index (χ0n) is 12.5. The average Bonchev–Trinajstić information content (AvgIpc) is 2.72. The number of hydrogen-bond donors (Lipinski definition) is 1. The third-order valence-electron chi connectivity index (χ3n) is 3.98. The lowest BCUT2D eigenvalue weighted by Gasteiger charge is -2.28. The summed E-state index contributed by atoms with van der Waals surface area (Å²) in [6, 6.07) is 0.261. The molecule has 2 heterocycles. The summed E-state index contributed by atoms with van der Waals surface area (Å²) in [6.45, 7) is 6.14. The first kappa shape index (κ1) is 15.0. The number of rotatable bonds is 5. The zero-order valence-corrected chi connectivity index (χ0v) is 12.5. The second-order valence-corrected chi connectivity index (χ2v) is 5.91. The Morgan fingerprint density at radius 1 is 1.30 bits per heavy atom. The topological polar surface area (TPSA) is 58.4 Å². The summed E-state index contributed by atoms with van der Waals surface area (Å²) in [5, 5.41) is 13.6. The Morgan fingerprint density at radius 3 is 2.45 bits per heavy atom. The largest absolute Gasteiger partial charge is 0.481 e. The summed E-state index contributed by atoms with van der Waals surface area (Å²) in [5.74, 6) is -0.739. The van der Waals surface area contributed by atoms with E-state index >= 15 is 0 Å². The van der Waals surface area contributed by atoms with Gasteiger partial charge in [-0.25, -0.2) is 0 Å². The predicted molar refractivity (Wildman–Crippen MR) is 77.6 cm³/mol. The van der Waals surface area contributed by atoms with Gasteiger partial charge in [0, 0.05) is 23.8 Å². The van der Waals surface area contributed by atoms with E-state index in [9.17, 15) is 9.90 Å². The van der Waals surface area contributed by atoms with Crippen LogP contribution in [-0.2, 0) is 4.79 Å². The summed E-state index contributed by atoms with van der Waals surface area (Å²) in [6.07, 6.45) is 8.82. The average molecular weight is 279 g/mol. The fourth-order valence-electron chi connectivity index (χ4n) is 2.84. The van der Waals surface area contributed by atoms with Gasteiger partial charge in [-0.1, -0.05) is 12.8 Å². The lowest BCUT2D eigenvalue weighted by molar-refractivity contribution is -0.138. The summed E-state index contributed by atoms with van der Waals surface area (Å²) < 4.78 is 1.90. The van der Waals surface area contributed by atoms with Crippen molar-refractivity contribution in [3.63, 3.8) is 0 Å². The molecule has 1 unspecified atom stereocenters. The molecule has 0 aliphatic carbocycles. The molecular weight excluding hydrogens is 254 g/mol. The molecule has 1 aromatic heterocycles. The van der Waals surface area contributed by atoms with Crippen LogP contribution >= 0.6 is 0 Å². The molecule has 0 amide bonds. The Bertz CT molecular complexity index is 434. The molecule has 0 spiro atoms. The van der Waals surface area contributed by atoms with E-state index in [4.69, 9.17) is 0 Å². The van der Waals surface area contributed by atoms with Crippen molar-refractivity contribution < 1.29 is 9.90 Å². The molecule has 0 saturated carbocycles. The first-order valence-corrected chi connectivity index (χ1v) is 7.58. The monoisotopic (exact) mass is 279 g/mol. The van der Waals surface area contributed by atoms with Gasteiger partial charge in [-0.3, -0.25) is 14.4 Å². The van der Waals surface area contributed by atoms with Crippen molar-refractivity contribution in [2.45, 2.75) is 58.0 Å². The number of carboxylic acids is 1. The van der Waals surface area contributed by atoms with Gasteiger partial charge in [0.05, 0.1) is 12.6 Å². The van der Waals surface area contributed by atoms with Gasteiger partial charge in [0.1, 0.15) is 0 Å². The maximum atomic E-state index is 11.2. The Kier molecular flexibility index (Phi) is 5.17. The highest BCUT2D eigenvalue weighted by Crippen LogP contribution is 2.27. The predicted octanol–water partition coefficient (Wildman–Crippen LogP) is 2.86. The van der Waals surface area contributed by atoms with Crippen molar-refractivity contribution in [1.29, 1.82) is 0 Å². The first-order chi connectivity index (χ1) is 9.58. The van der Waals surface area contributed by atoms with Gasteiger partial charge in [-0.2, -0.15) is 5.10 Å². The van der Waals surface area contributed by atoms with Crippen LogP contribution < -0.4 is 0 Å². The van der Waals surface area contributed by atoms with Crippen LogP contribution in [0.5, 0.6) is 0 Å². The highest BCUT2D eigenvalue weighted by atomic mass is 16.4. The van der Waals surface area contributed by atoms with Crippen molar-refractivity contribution in [2.75, 3.05) is 13.1 Å². The van der Waals surface area contributed by atoms with Gasteiger partial charge >= 0.3 is 5.97 Å². The van der Waals surface area contributed by atoms with E-state index in [1.54, 1.807) is 0 Å². The van der Waals surface area contributed by atoms with Crippen LogP contribution in [0, 0.1) is 0 Å². The Hall–Kier alpha value is -1.36. The van der Waals surface area contributed by atoms with Gasteiger partial charge in [0.25, 0.3) is 0 Å². The molecular formula is C15H25N3O2. The molecule has 20 heavy (non-hydrogen) atoms. The van der Waals surface area contributed by atoms with Crippen molar-refractivity contribution >= 4 is 5.97 Å². The minimum absolute atomic E-state index is 0.0434. The molecule has 5 nitrogen and oxygen atoms in total. The molecule has 0 aromatic carbocycles. The van der Waals surface area contributed by atoms with Gasteiger partial charge in [-0.05, 0) is 39.8 Å². The van der Waals surface area contributed by atoms with Crippen molar-refractivity contribution in [3.8, 4) is 0 Å². The fourth-order valence-corrected chi connectivity index (χ4v) is 2.84. The standard InChI is InChI=1S/C15H25N3O2/c1-12(2)18-11-13(10-16-18)14(9-15(19)20)17-7-5-3-4-6-8-17/h10-12,14H,3-9H2,1-2H3,(H,19,20). The second-order valence-electron chi connectivity index (χ2n) is 5.91. The molecule has 112 valence electrons. The lowest BCUT2D eigenvalue weighted by atomic mass is 10.1. The smallest absolute Gasteiger partial charge is 0.305 e. The normalized spacial score (nSPS) is 18.9. The van der Waals surface area contributed by atoms with Crippen LogP contribution in [0.15, 0.2) is 12.4 Å². The number of carbonyl (C=O) groups is 1. The molecule has 1 aliphatic heterocycles. The molecule has 1 aliphatic rings. The van der Waals surface area contributed by atoms with Crippen molar-refractivity contribution in [1.82, 2.24) is 14.7 Å². The van der Waals surface area contributed by atoms with Gasteiger partial charge < -0.3 is 5.11 Å². The molecule has 1 atom stereocenters. The van der Waals surface area contributed by atoms with E-state index in [-0.39, 0.29) is 12.5 Å². The van der Waals surface area contributed by atoms with Crippen molar-refractivity contribution in [3.05, 3.63) is 18.0 Å². The van der Waals surface area contributed by atoms with E-state index in [1.165, 1.54) is 12.8 Å². The molecule has 0 bridgehead atoms. The van der Waals surface area contributed by atoms with E-state index in [0.717, 1.165) is 31.5 Å². The van der Waals surface area contributed by atoms with Crippen LogP contribution in [-0.4, -0.2) is 38.8 Å². The summed E-state index contributed by atoms with van der Waals surface area (Å²) in [4.78, 5) is 13.5. The minimum atomic E-state index is -0.739. The molecule has 1 N–H and O–H groups in total. The number of aromatic nitrogens is 2. The van der Waals surface area contributed by atoms with Crippen LogP contribution in [0.1, 0.15) is 63.6 Å². The quantitative estimate of drug-likeness (QED) is 0.900. The fraction of sp³-hybridized carbons (Fsp3) is 0.733. The lowest BCUT2D eigenvalue weighted by Crippen LogP contribution is -2.31. The molecule has 5 heteroatoms. The molecule has 1 saturated heterocycles. The molecule has 1 aromatic rings. The Balaban J connectivity index is 2.18. The summed E-state index contributed by atoms with van der Waals surface area (Å²) in [7, 11) is 0. The molecule has 2 rings (SSSR count). The number of nitrogens with zero attached hydrogens (tertiary/aromatic N) is 3. The van der Waals surface area contributed by atoms with Crippen LogP contribution in [0.4, 0.5) is 0 Å². The van der Waals surface area contributed by atoms with Crippen LogP contribution in [0.3, 0.4) is 0 Å². The van der Waals surface area contributed by atoms with Crippen molar-refractivity contribution in [2.24, 2.45) is 0 Å². The molecule has 1 fully saturated rings. The first-order valence-electron chi connectivity index (χ1n) is 7.58. The number of likely N-dealkylation sites (tertiary alicyclic amines) is 1. The summed E-state index contributed by atoms with van der Waals surface area (Å²) in [5.41, 5.74) is 1.03. The second kappa shape index (κ2) is 6.88. The third-order valence-corrected chi connectivity index (χ3v) is 3.98. The third kappa shape index (κ3) is 3.82. The number of aliphatic carboxylic acids is 1. The van der Waals surface area contributed by atoms with Crippen LogP contribution in [0.25, 0.3) is 0 Å². The zero-order chi connectivity index (χ0) is 14.5. The Labute approximate surface area is 120 Å². The van der Waals surface area contributed by atoms with E-state index < -0.39 is 5.97 Å². The van der Waals surface area contributed by atoms with Gasteiger partial charge in [0.2, 0.25) is 0 Å². The highest BCUT2D eigenvalue weighted by Gasteiger charge is 2.25. The van der Waals surface area contributed by atoms with Gasteiger partial charge in [0.15, 0.2) is 0 Å². The maximum Gasteiger partial charge on any atom is 0.305 e. The molecule has 0 radical (unpaired) electrons. The maximum absolute atomic E-state index is 11.2. The number of hydrogen-bond acceptors (Lipinski definition) is 3. The SMILES string of the molecule is CC(C)n1cc(C(CC(=O)O)N2CCCCCC2)cn1. The Morgan fingerprint density at radius 2 is 1.95 bits per heavy atom. The van der Waals surface area contributed by atoms with E-state index in [2.05, 4.69) is 23.8 Å². The van der Waals surface area contributed by atoms with Gasteiger partial charge in [-0.15, -0.1) is 0 Å². The van der Waals surface area contributed by atoms with E-state index in [1.807, 2.05) is 17.1 Å². The van der Waals surface area contributed by atoms with Crippen LogP contribution in [0.2, 0.25) is 0 Å². The minimum Gasteiger partial charge on any atom is -0.481 e. The number of carboxylic acid groups (broad SMARTS) is 1. The van der Waals surface area contributed by atoms with E-state index in [0.29, 0.717) is 6.04 Å². The summed E-state index contributed by atoms with van der Waals surface area (Å²) >= 11 is 0. The highest BCUT2D eigenvalue weighted by molar-refractivity contribution is 5.67.